The van der Waals surface area contributed by atoms with E-state index in [-0.39, 0.29) is 10.8 Å². The number of hydrogen-bond acceptors (Lipinski definition) is 0. The molecule has 0 atom stereocenters. The molecule has 2 heterocycles. The molecule has 1 heteroatoms. The number of benzene rings is 6. The molecule has 0 aliphatic heterocycles. The second-order valence-electron chi connectivity index (χ2n) is 16.8. The van der Waals surface area contributed by atoms with E-state index in [2.05, 4.69) is 165 Å². The zero-order valence-corrected chi connectivity index (χ0v) is 29.8. The van der Waals surface area contributed by atoms with Crippen LogP contribution in [0.25, 0.3) is 70.8 Å². The average molecular weight is 614 g/mol. The van der Waals surface area contributed by atoms with E-state index in [0.717, 1.165) is 0 Å². The second kappa shape index (κ2) is 10.1. The molecular weight excluding hydrogens is 567 g/mol. The maximum Gasteiger partial charge on any atom is 0.0620 e. The van der Waals surface area contributed by atoms with E-state index in [1.54, 1.807) is 0 Å². The summed E-state index contributed by atoms with van der Waals surface area (Å²) >= 11 is 0. The van der Waals surface area contributed by atoms with Crippen molar-refractivity contribution in [2.45, 2.75) is 91.9 Å². The Hall–Kier alpha value is -4.36. The van der Waals surface area contributed by atoms with Crippen LogP contribution in [0.1, 0.15) is 103 Å². The second-order valence-corrected chi connectivity index (χ2v) is 16.8. The van der Waals surface area contributed by atoms with Crippen molar-refractivity contribution < 1.29 is 0 Å². The van der Waals surface area contributed by atoms with Crippen LogP contribution in [0.15, 0.2) is 91.0 Å². The molecule has 0 saturated carbocycles. The Kier molecular flexibility index (Phi) is 6.43. The van der Waals surface area contributed by atoms with Crippen LogP contribution in [0.2, 0.25) is 0 Å². The van der Waals surface area contributed by atoms with Crippen molar-refractivity contribution in [3.05, 3.63) is 113 Å². The van der Waals surface area contributed by atoms with Crippen molar-refractivity contribution in [1.82, 2.24) is 4.40 Å². The summed E-state index contributed by atoms with van der Waals surface area (Å²) in [7, 11) is 0. The molecule has 0 radical (unpaired) electrons. The quantitative estimate of drug-likeness (QED) is 0.187. The first kappa shape index (κ1) is 30.0. The minimum atomic E-state index is 0.0552. The van der Waals surface area contributed by atoms with Gasteiger partial charge in [0.2, 0.25) is 0 Å². The molecule has 0 N–H and O–H groups in total. The van der Waals surface area contributed by atoms with E-state index in [0.29, 0.717) is 11.8 Å². The van der Waals surface area contributed by atoms with Crippen LogP contribution < -0.4 is 0 Å². The third-order valence-electron chi connectivity index (χ3n) is 10.7. The van der Waals surface area contributed by atoms with Gasteiger partial charge in [-0.15, -0.1) is 0 Å². The van der Waals surface area contributed by atoms with Gasteiger partial charge in [-0.1, -0.05) is 124 Å². The zero-order valence-electron chi connectivity index (χ0n) is 29.8. The molecular formula is C46H47N. The van der Waals surface area contributed by atoms with Crippen molar-refractivity contribution in [3.63, 3.8) is 0 Å². The first-order valence-electron chi connectivity index (χ1n) is 17.5. The van der Waals surface area contributed by atoms with Crippen LogP contribution in [0.4, 0.5) is 0 Å². The van der Waals surface area contributed by atoms with Gasteiger partial charge in [0.05, 0.1) is 16.6 Å². The highest BCUT2D eigenvalue weighted by Crippen LogP contribution is 2.45. The van der Waals surface area contributed by atoms with Crippen molar-refractivity contribution in [2.24, 2.45) is 0 Å². The van der Waals surface area contributed by atoms with Crippen molar-refractivity contribution >= 4 is 59.6 Å². The molecule has 8 rings (SSSR count). The van der Waals surface area contributed by atoms with Gasteiger partial charge >= 0.3 is 0 Å². The molecule has 0 fully saturated rings. The minimum Gasteiger partial charge on any atom is -0.308 e. The van der Waals surface area contributed by atoms with E-state index in [1.807, 2.05) is 0 Å². The van der Waals surface area contributed by atoms with Gasteiger partial charge in [0.25, 0.3) is 0 Å². The molecule has 0 amide bonds. The zero-order chi connectivity index (χ0) is 33.2. The fourth-order valence-electron chi connectivity index (χ4n) is 7.61. The summed E-state index contributed by atoms with van der Waals surface area (Å²) in [6.07, 6.45) is 0. The maximum absolute atomic E-state index is 2.55. The van der Waals surface area contributed by atoms with Crippen LogP contribution >= 0.6 is 0 Å². The number of aromatic nitrogens is 1. The molecule has 8 aromatic rings. The predicted molar refractivity (Wildman–Crippen MR) is 207 cm³/mol. The molecule has 236 valence electrons. The van der Waals surface area contributed by atoms with Gasteiger partial charge in [0, 0.05) is 21.5 Å². The fourth-order valence-corrected chi connectivity index (χ4v) is 7.61. The van der Waals surface area contributed by atoms with Gasteiger partial charge in [-0.05, 0) is 114 Å². The van der Waals surface area contributed by atoms with E-state index < -0.39 is 0 Å². The molecule has 0 aliphatic rings. The van der Waals surface area contributed by atoms with Crippen molar-refractivity contribution in [2.75, 3.05) is 0 Å². The van der Waals surface area contributed by atoms with Crippen molar-refractivity contribution in [1.29, 1.82) is 0 Å². The summed E-state index contributed by atoms with van der Waals surface area (Å²) < 4.78 is 2.55. The molecule has 0 unspecified atom stereocenters. The Morgan fingerprint density at radius 1 is 0.426 bits per heavy atom. The summed E-state index contributed by atoms with van der Waals surface area (Å²) in [4.78, 5) is 0. The average Bonchev–Trinajstić information content (AvgIpc) is 3.51. The summed E-state index contributed by atoms with van der Waals surface area (Å²) in [5, 5.41) is 10.6. The molecule has 2 aromatic heterocycles. The van der Waals surface area contributed by atoms with E-state index >= 15 is 0 Å². The third-order valence-corrected chi connectivity index (χ3v) is 10.7. The van der Waals surface area contributed by atoms with Gasteiger partial charge < -0.3 is 4.40 Å². The first-order valence-corrected chi connectivity index (χ1v) is 17.5. The summed E-state index contributed by atoms with van der Waals surface area (Å²) in [5.74, 6) is 0.994. The van der Waals surface area contributed by atoms with Crippen LogP contribution in [-0.4, -0.2) is 4.40 Å². The highest BCUT2D eigenvalue weighted by molar-refractivity contribution is 6.27. The molecule has 0 aliphatic carbocycles. The van der Waals surface area contributed by atoms with Crippen molar-refractivity contribution in [3.8, 4) is 11.1 Å². The number of hydrogen-bond donors (Lipinski definition) is 0. The third kappa shape index (κ3) is 4.73. The molecule has 0 bridgehead atoms. The Morgan fingerprint density at radius 2 is 0.851 bits per heavy atom. The van der Waals surface area contributed by atoms with Gasteiger partial charge in [0.1, 0.15) is 0 Å². The Balaban J connectivity index is 1.53. The summed E-state index contributed by atoms with van der Waals surface area (Å²) in [5.41, 5.74) is 12.2. The largest absolute Gasteiger partial charge is 0.308 e. The van der Waals surface area contributed by atoms with E-state index in [9.17, 15) is 0 Å². The number of fused-ring (bicyclic) bond motifs is 8. The number of nitrogens with zero attached hydrogens (tertiary/aromatic N) is 1. The Morgan fingerprint density at radius 3 is 1.26 bits per heavy atom. The fraction of sp³-hybridized carbons (Fsp3) is 0.304. The molecule has 0 saturated heterocycles. The minimum absolute atomic E-state index is 0.0552. The Bertz CT molecular complexity index is 2350. The lowest BCUT2D eigenvalue weighted by Crippen LogP contribution is -2.16. The smallest absolute Gasteiger partial charge is 0.0620 e. The van der Waals surface area contributed by atoms with Gasteiger partial charge in [-0.3, -0.25) is 0 Å². The first-order chi connectivity index (χ1) is 22.2. The highest BCUT2D eigenvalue weighted by atomic mass is 14.9. The molecule has 6 aromatic carbocycles. The lowest BCUT2D eigenvalue weighted by molar-refractivity contribution is 0.569. The molecule has 0 spiro atoms. The molecule has 47 heavy (non-hydrogen) atoms. The maximum atomic E-state index is 2.55. The van der Waals surface area contributed by atoms with Gasteiger partial charge in [-0.25, -0.2) is 0 Å². The van der Waals surface area contributed by atoms with E-state index in [4.69, 9.17) is 0 Å². The predicted octanol–water partition coefficient (Wildman–Crippen LogP) is 13.7. The monoisotopic (exact) mass is 613 g/mol. The SMILES string of the molecule is CC(C)c1ccc2cc3c(cc2c1)c1cc(-c2cc(C(C)(C)C)cc(C(C)(C)C)c2)cc2c4cc5cc(C(C)C)ccc5cc4n3c12. The lowest BCUT2D eigenvalue weighted by Gasteiger charge is -2.26. The number of rotatable bonds is 3. The summed E-state index contributed by atoms with van der Waals surface area (Å²) in [6.45, 7) is 23.1. The van der Waals surface area contributed by atoms with Gasteiger partial charge in [0.15, 0.2) is 0 Å². The topological polar surface area (TPSA) is 4.41 Å². The summed E-state index contributed by atoms with van der Waals surface area (Å²) in [6, 6.07) is 36.1. The normalized spacial score (nSPS) is 13.3. The van der Waals surface area contributed by atoms with Crippen LogP contribution in [0.3, 0.4) is 0 Å². The van der Waals surface area contributed by atoms with E-state index in [1.165, 1.54) is 93.0 Å². The van der Waals surface area contributed by atoms with Gasteiger partial charge in [-0.2, -0.15) is 0 Å². The van der Waals surface area contributed by atoms with Crippen LogP contribution in [-0.2, 0) is 10.8 Å². The standard InChI is InChI=1S/C46H47N/c1-26(2)28-11-13-30-23-42-38(19-32(30)15-28)40-21-35(34-17-36(45(5,6)7)25-37(18-34)46(8,9)10)22-41-39-20-33-16-29(27(3)4)12-14-31(33)24-43(39)47(42)44(40)41/h11-27H,1-10H3. The lowest BCUT2D eigenvalue weighted by atomic mass is 9.79. The van der Waals surface area contributed by atoms with Crippen LogP contribution in [0, 0.1) is 0 Å². The molecule has 1 nitrogen and oxygen atoms in total. The Labute approximate surface area is 279 Å². The highest BCUT2D eigenvalue weighted by Gasteiger charge is 2.24. The van der Waals surface area contributed by atoms with Crippen LogP contribution in [0.5, 0.6) is 0 Å².